The van der Waals surface area contributed by atoms with E-state index in [0.29, 0.717) is 22.3 Å². The lowest BCUT2D eigenvalue weighted by Crippen LogP contribution is -2.20. The van der Waals surface area contributed by atoms with Gasteiger partial charge in [0.2, 0.25) is 0 Å². The lowest BCUT2D eigenvalue weighted by atomic mass is 10.1. The Hall–Kier alpha value is -3.50. The van der Waals surface area contributed by atoms with Crippen LogP contribution >= 0.6 is 22.9 Å². The molecule has 0 aliphatic rings. The molecule has 1 heterocycles. The number of carbonyl (C=O) groups is 2. The summed E-state index contributed by atoms with van der Waals surface area (Å²) in [5.41, 5.74) is 6.78. The van der Waals surface area contributed by atoms with Crippen molar-refractivity contribution in [2.24, 2.45) is 5.73 Å². The summed E-state index contributed by atoms with van der Waals surface area (Å²) in [5, 5.41) is 5.03. The van der Waals surface area contributed by atoms with E-state index in [4.69, 9.17) is 36.3 Å². The molecule has 9 nitrogen and oxygen atoms in total. The fourth-order valence-electron chi connectivity index (χ4n) is 2.76. The Labute approximate surface area is 193 Å². The maximum absolute atomic E-state index is 12.7. The number of rotatable bonds is 9. The van der Waals surface area contributed by atoms with Crippen molar-refractivity contribution in [2.75, 3.05) is 33.3 Å². The molecule has 0 spiro atoms. The first kappa shape index (κ1) is 23.2. The number of carbonyl (C=O) groups excluding carboxylic acids is 2. The fourth-order valence-corrected chi connectivity index (χ4v) is 3.74. The number of amides is 2. The predicted molar refractivity (Wildman–Crippen MR) is 121 cm³/mol. The molecule has 2 amide bonds. The summed E-state index contributed by atoms with van der Waals surface area (Å²) in [4.78, 5) is 28.2. The van der Waals surface area contributed by atoms with Gasteiger partial charge < -0.3 is 24.7 Å². The summed E-state index contributed by atoms with van der Waals surface area (Å²) in [6.45, 7) is -0.375. The smallest absolute Gasteiger partial charge is 0.257 e. The van der Waals surface area contributed by atoms with E-state index in [1.807, 2.05) is 11.4 Å². The van der Waals surface area contributed by atoms with Gasteiger partial charge in [0.25, 0.3) is 11.8 Å². The van der Waals surface area contributed by atoms with Crippen molar-refractivity contribution in [2.45, 2.75) is 0 Å². The number of nitrogens with two attached hydrogens (primary N) is 1. The molecule has 168 valence electrons. The summed E-state index contributed by atoms with van der Waals surface area (Å²) in [6, 6.07) is 8.27. The highest BCUT2D eigenvalue weighted by atomic mass is 35.5. The molecule has 0 bridgehead atoms. The van der Waals surface area contributed by atoms with E-state index < -0.39 is 11.8 Å². The number of ether oxygens (including phenoxy) is 4. The second-order valence-electron chi connectivity index (χ2n) is 6.31. The van der Waals surface area contributed by atoms with E-state index in [2.05, 4.69) is 10.3 Å². The maximum Gasteiger partial charge on any atom is 0.257 e. The molecule has 3 rings (SSSR count). The third-order valence-electron chi connectivity index (χ3n) is 4.25. The number of hydrogen-bond donors (Lipinski definition) is 2. The zero-order valence-corrected chi connectivity index (χ0v) is 19.0. The molecule has 0 atom stereocenters. The van der Waals surface area contributed by atoms with Crippen molar-refractivity contribution in [3.05, 3.63) is 46.3 Å². The third kappa shape index (κ3) is 5.21. The highest BCUT2D eigenvalue weighted by Crippen LogP contribution is 2.37. The molecule has 2 aromatic carbocycles. The van der Waals surface area contributed by atoms with Gasteiger partial charge in [0, 0.05) is 16.5 Å². The van der Waals surface area contributed by atoms with Crippen LogP contribution in [0.2, 0.25) is 5.02 Å². The second kappa shape index (κ2) is 10.2. The molecule has 32 heavy (non-hydrogen) atoms. The number of halogens is 1. The highest BCUT2D eigenvalue weighted by molar-refractivity contribution is 7.14. The average Bonchev–Trinajstić information content (AvgIpc) is 3.25. The molecule has 0 fully saturated rings. The van der Waals surface area contributed by atoms with Crippen LogP contribution < -0.4 is 30.0 Å². The molecular formula is C21H20ClN3O6S. The minimum Gasteiger partial charge on any atom is -0.493 e. The van der Waals surface area contributed by atoms with Crippen LogP contribution in [0.3, 0.4) is 0 Å². The largest absolute Gasteiger partial charge is 0.493 e. The first-order chi connectivity index (χ1) is 15.4. The fraction of sp³-hybridized carbons (Fsp3) is 0.190. The van der Waals surface area contributed by atoms with Gasteiger partial charge >= 0.3 is 0 Å². The Morgan fingerprint density at radius 3 is 2.44 bits per heavy atom. The van der Waals surface area contributed by atoms with Crippen LogP contribution in [0.25, 0.3) is 11.3 Å². The van der Waals surface area contributed by atoms with E-state index in [-0.39, 0.29) is 28.7 Å². The number of nitrogens with zero attached hydrogens (tertiary/aromatic N) is 1. The number of benzene rings is 2. The van der Waals surface area contributed by atoms with Gasteiger partial charge in [-0.3, -0.25) is 14.9 Å². The molecule has 0 radical (unpaired) electrons. The monoisotopic (exact) mass is 477 g/mol. The summed E-state index contributed by atoms with van der Waals surface area (Å²) in [5.74, 6) is 0.375. The lowest BCUT2D eigenvalue weighted by molar-refractivity contribution is -0.119. The average molecular weight is 478 g/mol. The minimum absolute atomic E-state index is 0.0981. The first-order valence-electron chi connectivity index (χ1n) is 9.14. The normalized spacial score (nSPS) is 10.4. The van der Waals surface area contributed by atoms with Gasteiger partial charge in [-0.1, -0.05) is 11.6 Å². The number of nitrogens with one attached hydrogen (secondary N) is 1. The third-order valence-corrected chi connectivity index (χ3v) is 5.29. The number of primary amides is 1. The molecule has 11 heteroatoms. The van der Waals surface area contributed by atoms with Crippen molar-refractivity contribution >= 4 is 39.9 Å². The van der Waals surface area contributed by atoms with Gasteiger partial charge in [-0.2, -0.15) is 0 Å². The Morgan fingerprint density at radius 2 is 1.78 bits per heavy atom. The van der Waals surface area contributed by atoms with E-state index in [1.54, 1.807) is 26.4 Å². The topological polar surface area (TPSA) is 122 Å². The van der Waals surface area contributed by atoms with Gasteiger partial charge in [-0.25, -0.2) is 4.98 Å². The number of aromatic nitrogens is 1. The van der Waals surface area contributed by atoms with Crippen LogP contribution in [0.1, 0.15) is 10.4 Å². The molecule has 3 N–H and O–H groups in total. The zero-order chi connectivity index (χ0) is 23.3. The predicted octanol–water partition coefficient (Wildman–Crippen LogP) is 3.61. The van der Waals surface area contributed by atoms with Crippen LogP contribution in [0.4, 0.5) is 5.13 Å². The number of thiazole rings is 1. The Balaban J connectivity index is 1.79. The van der Waals surface area contributed by atoms with Crippen molar-refractivity contribution in [3.8, 4) is 34.3 Å². The van der Waals surface area contributed by atoms with E-state index in [1.165, 1.54) is 30.6 Å². The van der Waals surface area contributed by atoms with Gasteiger partial charge in [0.15, 0.2) is 34.7 Å². The number of methoxy groups -OCH3 is 3. The summed E-state index contributed by atoms with van der Waals surface area (Å²) < 4.78 is 21.1. The van der Waals surface area contributed by atoms with Crippen LogP contribution in [-0.4, -0.2) is 44.7 Å². The van der Waals surface area contributed by atoms with Gasteiger partial charge in [-0.15, -0.1) is 11.3 Å². The minimum atomic E-state index is -0.668. The SMILES string of the molecule is COc1ccc(-c2csc(NC(=O)c3cc(Cl)c(OCC(N)=O)c(OC)c3)n2)cc1OC. The zero-order valence-electron chi connectivity index (χ0n) is 17.4. The van der Waals surface area contributed by atoms with Crippen molar-refractivity contribution < 1.29 is 28.5 Å². The maximum atomic E-state index is 12.7. The standard InChI is InChI=1S/C21H20ClN3O6S/c1-28-15-5-4-11(7-16(15)29-2)14-10-32-21(24-14)25-20(27)12-6-13(22)19(17(8-12)30-3)31-9-18(23)26/h4-8,10H,9H2,1-3H3,(H2,23,26)(H,24,25,27). The van der Waals surface area contributed by atoms with Crippen LogP contribution in [0, 0.1) is 0 Å². The quantitative estimate of drug-likeness (QED) is 0.482. The van der Waals surface area contributed by atoms with Crippen LogP contribution in [0.5, 0.6) is 23.0 Å². The van der Waals surface area contributed by atoms with Gasteiger partial charge in [0.1, 0.15) is 0 Å². The molecule has 0 aliphatic heterocycles. The van der Waals surface area contributed by atoms with Crippen molar-refractivity contribution in [1.29, 1.82) is 0 Å². The number of hydrogen-bond acceptors (Lipinski definition) is 8. The highest BCUT2D eigenvalue weighted by Gasteiger charge is 2.18. The molecule has 0 unspecified atom stereocenters. The van der Waals surface area contributed by atoms with Gasteiger partial charge in [-0.05, 0) is 30.3 Å². The molecule has 0 saturated carbocycles. The molecule has 1 aromatic heterocycles. The lowest BCUT2D eigenvalue weighted by Gasteiger charge is -2.13. The van der Waals surface area contributed by atoms with E-state index >= 15 is 0 Å². The summed E-state index contributed by atoms with van der Waals surface area (Å²) >= 11 is 7.47. The van der Waals surface area contributed by atoms with Crippen LogP contribution in [-0.2, 0) is 4.79 Å². The number of anilines is 1. The second-order valence-corrected chi connectivity index (χ2v) is 7.57. The van der Waals surface area contributed by atoms with Gasteiger partial charge in [0.05, 0.1) is 32.0 Å². The van der Waals surface area contributed by atoms with Crippen molar-refractivity contribution in [3.63, 3.8) is 0 Å². The van der Waals surface area contributed by atoms with E-state index in [9.17, 15) is 9.59 Å². The van der Waals surface area contributed by atoms with Crippen molar-refractivity contribution in [1.82, 2.24) is 4.98 Å². The van der Waals surface area contributed by atoms with E-state index in [0.717, 1.165) is 5.56 Å². The Kier molecular flexibility index (Phi) is 7.39. The summed E-state index contributed by atoms with van der Waals surface area (Å²) in [7, 11) is 4.50. The molecule has 0 aliphatic carbocycles. The molecular weight excluding hydrogens is 458 g/mol. The Bertz CT molecular complexity index is 1150. The Morgan fingerprint density at radius 1 is 1.06 bits per heavy atom. The molecule has 3 aromatic rings. The summed E-state index contributed by atoms with van der Waals surface area (Å²) in [6.07, 6.45) is 0. The van der Waals surface area contributed by atoms with Crippen LogP contribution in [0.15, 0.2) is 35.7 Å². The molecule has 0 saturated heterocycles. The first-order valence-corrected chi connectivity index (χ1v) is 10.4.